The zero-order chi connectivity index (χ0) is 19.9. The van der Waals surface area contributed by atoms with Gasteiger partial charge in [-0.1, -0.05) is 91.0 Å². The van der Waals surface area contributed by atoms with Crippen molar-refractivity contribution < 1.29 is 4.79 Å². The Bertz CT molecular complexity index is 856. The standard InChI is InChI=1S/C26H28N2O/c29-25-21-27(20-17-22-11-4-1-5-12-22)18-10-19-28(25)26(23-13-6-2-7-14-23)24-15-8-3-9-16-24/h1-9,11-16,26H,10,17-21H2. The molecule has 3 aromatic carbocycles. The van der Waals surface area contributed by atoms with E-state index in [1.807, 2.05) is 18.2 Å². The van der Waals surface area contributed by atoms with Crippen molar-refractivity contribution >= 4 is 5.91 Å². The van der Waals surface area contributed by atoms with Crippen LogP contribution < -0.4 is 0 Å². The van der Waals surface area contributed by atoms with Gasteiger partial charge in [-0.25, -0.2) is 0 Å². The van der Waals surface area contributed by atoms with E-state index in [1.54, 1.807) is 0 Å². The third kappa shape index (κ3) is 4.93. The molecule has 0 N–H and O–H groups in total. The summed E-state index contributed by atoms with van der Waals surface area (Å²) in [6.45, 7) is 3.16. The highest BCUT2D eigenvalue weighted by atomic mass is 16.2. The molecule has 0 aromatic heterocycles. The number of hydrogen-bond donors (Lipinski definition) is 0. The van der Waals surface area contributed by atoms with Crippen LogP contribution in [0, 0.1) is 0 Å². The van der Waals surface area contributed by atoms with Crippen LogP contribution >= 0.6 is 0 Å². The van der Waals surface area contributed by atoms with Crippen molar-refractivity contribution in [2.45, 2.75) is 18.9 Å². The maximum Gasteiger partial charge on any atom is 0.237 e. The van der Waals surface area contributed by atoms with E-state index in [0.29, 0.717) is 6.54 Å². The summed E-state index contributed by atoms with van der Waals surface area (Å²) in [5, 5.41) is 0. The van der Waals surface area contributed by atoms with E-state index in [0.717, 1.165) is 32.5 Å². The van der Waals surface area contributed by atoms with Gasteiger partial charge in [0.25, 0.3) is 0 Å². The smallest absolute Gasteiger partial charge is 0.237 e. The highest BCUT2D eigenvalue weighted by Crippen LogP contribution is 2.30. The maximum atomic E-state index is 13.3. The molecule has 0 radical (unpaired) electrons. The van der Waals surface area contributed by atoms with Gasteiger partial charge in [-0.3, -0.25) is 9.69 Å². The number of nitrogens with zero attached hydrogens (tertiary/aromatic N) is 2. The lowest BCUT2D eigenvalue weighted by molar-refractivity contribution is -0.132. The molecule has 3 aromatic rings. The van der Waals surface area contributed by atoms with E-state index >= 15 is 0 Å². The first kappa shape index (κ1) is 19.4. The molecular formula is C26H28N2O. The first-order valence-electron chi connectivity index (χ1n) is 10.5. The average molecular weight is 385 g/mol. The molecule has 1 aliphatic heterocycles. The monoisotopic (exact) mass is 384 g/mol. The van der Waals surface area contributed by atoms with Gasteiger partial charge < -0.3 is 4.90 Å². The molecule has 1 amide bonds. The van der Waals surface area contributed by atoms with Crippen LogP contribution in [0.1, 0.15) is 29.2 Å². The minimum absolute atomic E-state index is 0.0287. The van der Waals surface area contributed by atoms with Crippen LogP contribution in [0.25, 0.3) is 0 Å². The van der Waals surface area contributed by atoms with Crippen molar-refractivity contribution in [2.24, 2.45) is 0 Å². The lowest BCUT2D eigenvalue weighted by Gasteiger charge is -2.32. The largest absolute Gasteiger partial charge is 0.330 e. The molecule has 1 fully saturated rings. The van der Waals surface area contributed by atoms with Gasteiger partial charge in [-0.2, -0.15) is 0 Å². The Kier molecular flexibility index (Phi) is 6.38. The van der Waals surface area contributed by atoms with Gasteiger partial charge in [0.05, 0.1) is 12.6 Å². The van der Waals surface area contributed by atoms with Crippen LogP contribution in [0.3, 0.4) is 0 Å². The second-order valence-corrected chi connectivity index (χ2v) is 7.68. The van der Waals surface area contributed by atoms with E-state index in [9.17, 15) is 4.79 Å². The van der Waals surface area contributed by atoms with E-state index in [2.05, 4.69) is 82.6 Å². The number of carbonyl (C=O) groups excluding carboxylic acids is 1. The van der Waals surface area contributed by atoms with Crippen LogP contribution in [0.15, 0.2) is 91.0 Å². The van der Waals surface area contributed by atoms with Crippen LogP contribution in [-0.2, 0) is 11.2 Å². The number of amides is 1. The molecule has 3 nitrogen and oxygen atoms in total. The molecular weight excluding hydrogens is 356 g/mol. The van der Waals surface area contributed by atoms with Crippen molar-refractivity contribution in [1.82, 2.24) is 9.80 Å². The summed E-state index contributed by atoms with van der Waals surface area (Å²) in [6.07, 6.45) is 1.98. The second-order valence-electron chi connectivity index (χ2n) is 7.68. The van der Waals surface area contributed by atoms with Crippen LogP contribution in [-0.4, -0.2) is 41.9 Å². The zero-order valence-corrected chi connectivity index (χ0v) is 16.8. The van der Waals surface area contributed by atoms with E-state index < -0.39 is 0 Å². The number of rotatable bonds is 6. The minimum atomic E-state index is -0.0287. The first-order chi connectivity index (χ1) is 14.3. The summed E-state index contributed by atoms with van der Waals surface area (Å²) in [5.74, 6) is 0.216. The molecule has 0 spiro atoms. The summed E-state index contributed by atoms with van der Waals surface area (Å²) in [4.78, 5) is 17.7. The van der Waals surface area contributed by atoms with Gasteiger partial charge >= 0.3 is 0 Å². The Morgan fingerprint density at radius 3 is 1.86 bits per heavy atom. The SMILES string of the molecule is O=C1CN(CCc2ccccc2)CCCN1C(c1ccccc1)c1ccccc1. The Hall–Kier alpha value is -2.91. The van der Waals surface area contributed by atoms with E-state index in [4.69, 9.17) is 0 Å². The first-order valence-corrected chi connectivity index (χ1v) is 10.5. The fraction of sp³-hybridized carbons (Fsp3) is 0.269. The maximum absolute atomic E-state index is 13.3. The highest BCUT2D eigenvalue weighted by molar-refractivity contribution is 5.79. The molecule has 3 heteroatoms. The lowest BCUT2D eigenvalue weighted by Crippen LogP contribution is -2.40. The minimum Gasteiger partial charge on any atom is -0.330 e. The number of benzene rings is 3. The molecule has 148 valence electrons. The van der Waals surface area contributed by atoms with Gasteiger partial charge in [-0.05, 0) is 29.5 Å². The molecule has 1 saturated heterocycles. The highest BCUT2D eigenvalue weighted by Gasteiger charge is 2.29. The van der Waals surface area contributed by atoms with Gasteiger partial charge in [0.1, 0.15) is 0 Å². The summed E-state index contributed by atoms with van der Waals surface area (Å²) < 4.78 is 0. The predicted molar refractivity (Wildman–Crippen MR) is 118 cm³/mol. The quantitative estimate of drug-likeness (QED) is 0.622. The van der Waals surface area contributed by atoms with Gasteiger partial charge in [0.2, 0.25) is 5.91 Å². The van der Waals surface area contributed by atoms with Crippen molar-refractivity contribution in [2.75, 3.05) is 26.2 Å². The van der Waals surface area contributed by atoms with Crippen molar-refractivity contribution in [3.63, 3.8) is 0 Å². The normalized spacial score (nSPS) is 15.5. The van der Waals surface area contributed by atoms with Gasteiger partial charge in [0.15, 0.2) is 0 Å². The molecule has 0 saturated carbocycles. The van der Waals surface area contributed by atoms with Crippen molar-refractivity contribution in [3.05, 3.63) is 108 Å². The molecule has 29 heavy (non-hydrogen) atoms. The van der Waals surface area contributed by atoms with E-state index in [-0.39, 0.29) is 11.9 Å². The van der Waals surface area contributed by atoms with Crippen LogP contribution in [0.5, 0.6) is 0 Å². The predicted octanol–water partition coefficient (Wildman–Crippen LogP) is 4.55. The third-order valence-electron chi connectivity index (χ3n) is 5.65. The molecule has 0 unspecified atom stereocenters. The topological polar surface area (TPSA) is 23.6 Å². The summed E-state index contributed by atoms with van der Waals surface area (Å²) >= 11 is 0. The van der Waals surface area contributed by atoms with Gasteiger partial charge in [-0.15, -0.1) is 0 Å². The third-order valence-corrected chi connectivity index (χ3v) is 5.65. The summed E-state index contributed by atoms with van der Waals surface area (Å²) in [6, 6.07) is 31.3. The summed E-state index contributed by atoms with van der Waals surface area (Å²) in [5.41, 5.74) is 3.67. The van der Waals surface area contributed by atoms with Crippen molar-refractivity contribution in [3.8, 4) is 0 Å². The van der Waals surface area contributed by atoms with Crippen molar-refractivity contribution in [1.29, 1.82) is 0 Å². The fourth-order valence-corrected chi connectivity index (χ4v) is 4.17. The second kappa shape index (κ2) is 9.53. The number of carbonyl (C=O) groups is 1. The molecule has 0 bridgehead atoms. The Labute approximate surface area is 173 Å². The molecule has 0 atom stereocenters. The Morgan fingerprint density at radius 1 is 0.724 bits per heavy atom. The van der Waals surface area contributed by atoms with Crippen LogP contribution in [0.4, 0.5) is 0 Å². The van der Waals surface area contributed by atoms with E-state index in [1.165, 1.54) is 16.7 Å². The molecule has 4 rings (SSSR count). The summed E-state index contributed by atoms with van der Waals surface area (Å²) in [7, 11) is 0. The van der Waals surface area contributed by atoms with Gasteiger partial charge in [0, 0.05) is 19.6 Å². The molecule has 0 aliphatic carbocycles. The fourth-order valence-electron chi connectivity index (χ4n) is 4.17. The number of hydrogen-bond acceptors (Lipinski definition) is 2. The Balaban J connectivity index is 1.51. The molecule has 1 heterocycles. The lowest BCUT2D eigenvalue weighted by atomic mass is 9.97. The average Bonchev–Trinajstić information content (AvgIpc) is 2.96. The molecule has 1 aliphatic rings. The zero-order valence-electron chi connectivity index (χ0n) is 16.8. The van der Waals surface area contributed by atoms with Crippen LogP contribution in [0.2, 0.25) is 0 Å². The Morgan fingerprint density at radius 2 is 1.28 bits per heavy atom.